The number of amides is 1. The molecule has 0 aromatic heterocycles. The van der Waals surface area contributed by atoms with E-state index in [1.165, 1.54) is 19.2 Å². The number of rotatable bonds is 7. The maximum Gasteiger partial charge on any atom is 0.417 e. The summed E-state index contributed by atoms with van der Waals surface area (Å²) in [5.41, 5.74) is 1.19. The number of carbonyl (C=O) groups excluding carboxylic acids is 3. The van der Waals surface area contributed by atoms with Crippen LogP contribution in [-0.4, -0.2) is 50.3 Å². The van der Waals surface area contributed by atoms with Crippen molar-refractivity contribution >= 4 is 60.9 Å². The number of nitrogens with one attached hydrogen (secondary N) is 1. The predicted octanol–water partition coefficient (Wildman–Crippen LogP) is 7.09. The highest BCUT2D eigenvalue weighted by Gasteiger charge is 2.37. The van der Waals surface area contributed by atoms with Crippen molar-refractivity contribution in [1.82, 2.24) is 5.32 Å². The van der Waals surface area contributed by atoms with Crippen molar-refractivity contribution in [3.05, 3.63) is 102 Å². The molecule has 246 valence electrons. The van der Waals surface area contributed by atoms with Crippen LogP contribution in [0.1, 0.15) is 21.5 Å². The van der Waals surface area contributed by atoms with E-state index >= 15 is 0 Å². The molecule has 6 aromatic rings. The zero-order valence-corrected chi connectivity index (χ0v) is 25.9. The molecule has 8 rings (SSSR count). The number of benzene rings is 6. The number of cyclic esters (lactones) is 2. The zero-order valence-electron chi connectivity index (χ0n) is 25.9. The van der Waals surface area contributed by atoms with Gasteiger partial charge in [0.1, 0.15) is 19.0 Å². The van der Waals surface area contributed by atoms with Gasteiger partial charge < -0.3 is 24.3 Å². The lowest BCUT2D eigenvalue weighted by Gasteiger charge is -2.26. The molecule has 0 radical (unpaired) electrons. The first-order chi connectivity index (χ1) is 23.6. The Morgan fingerprint density at radius 1 is 0.755 bits per heavy atom. The summed E-state index contributed by atoms with van der Waals surface area (Å²) < 4.78 is 65.9. The normalized spacial score (nSPS) is 17.5. The van der Waals surface area contributed by atoms with Crippen molar-refractivity contribution in [2.75, 3.05) is 20.3 Å². The van der Waals surface area contributed by atoms with Crippen molar-refractivity contribution in [3.63, 3.8) is 0 Å². The Morgan fingerprint density at radius 3 is 1.94 bits per heavy atom. The summed E-state index contributed by atoms with van der Waals surface area (Å²) in [5.74, 6) is -0.992. The first-order valence-electron chi connectivity index (χ1n) is 15.5. The summed E-state index contributed by atoms with van der Waals surface area (Å²) in [6.07, 6.45) is -5.46. The van der Waals surface area contributed by atoms with Crippen LogP contribution < -0.4 is 10.1 Å². The summed E-state index contributed by atoms with van der Waals surface area (Å²) in [5, 5.41) is 5.85. The third-order valence-corrected chi connectivity index (χ3v) is 9.21. The average Bonchev–Trinajstić information content (AvgIpc) is 3.09. The Morgan fingerprint density at radius 2 is 1.35 bits per heavy atom. The van der Waals surface area contributed by atoms with E-state index in [-0.39, 0.29) is 30.6 Å². The number of hydrogen-bond donors (Lipinski definition) is 1. The predicted molar refractivity (Wildman–Crippen MR) is 175 cm³/mol. The molecule has 2 aliphatic heterocycles. The molecule has 6 aromatic carbocycles. The maximum absolute atomic E-state index is 14.9. The summed E-state index contributed by atoms with van der Waals surface area (Å²) >= 11 is 0. The third-order valence-electron chi connectivity index (χ3n) is 9.21. The van der Waals surface area contributed by atoms with E-state index in [1.807, 2.05) is 12.1 Å². The van der Waals surface area contributed by atoms with Crippen LogP contribution in [0.3, 0.4) is 0 Å². The second kappa shape index (κ2) is 11.5. The van der Waals surface area contributed by atoms with E-state index in [0.29, 0.717) is 60.3 Å². The molecular weight excluding hydrogens is 639 g/mol. The van der Waals surface area contributed by atoms with Crippen LogP contribution in [0.4, 0.5) is 13.2 Å². The number of methoxy groups -OCH3 is 1. The molecule has 0 saturated carbocycles. The van der Waals surface area contributed by atoms with E-state index in [1.54, 1.807) is 60.7 Å². The van der Waals surface area contributed by atoms with Crippen LogP contribution in [0.5, 0.6) is 5.75 Å². The monoisotopic (exact) mass is 665 g/mol. The Kier molecular flexibility index (Phi) is 7.18. The molecule has 2 atom stereocenters. The fourth-order valence-corrected chi connectivity index (χ4v) is 6.78. The second-order valence-electron chi connectivity index (χ2n) is 12.0. The van der Waals surface area contributed by atoms with Crippen molar-refractivity contribution in [3.8, 4) is 16.9 Å². The maximum atomic E-state index is 14.9. The highest BCUT2D eigenvalue weighted by Crippen LogP contribution is 2.45. The van der Waals surface area contributed by atoms with Gasteiger partial charge in [-0.15, -0.1) is 0 Å². The van der Waals surface area contributed by atoms with Gasteiger partial charge in [0, 0.05) is 10.8 Å². The molecule has 2 aliphatic rings. The first-order valence-corrected chi connectivity index (χ1v) is 15.5. The number of halogens is 3. The van der Waals surface area contributed by atoms with Gasteiger partial charge >= 0.3 is 18.1 Å². The Balaban J connectivity index is 1.32. The summed E-state index contributed by atoms with van der Waals surface area (Å²) in [6, 6.07) is 22.9. The minimum absolute atomic E-state index is 0.0171. The van der Waals surface area contributed by atoms with Crippen LogP contribution >= 0.6 is 0 Å². The summed E-state index contributed by atoms with van der Waals surface area (Å²) in [6.45, 7) is 0.0908. The topological polar surface area (TPSA) is 100 Å². The smallest absolute Gasteiger partial charge is 0.417 e. The standard InChI is InChI=1S/C38H26F3NO7/c1-46-34-26-9-5-3-7-23(26)32(35(43)42-30-17-48-36(30)44)24-13-11-20(15-28(24)34)19-10-12-22-27(14-19)33(38(39,40)41)25-8-4-2-6-21(25)29(22)16-47-31-18-49-37(31)45/h2-15,30-31H,16-18H2,1H3,(H,42,43). The molecule has 2 saturated heterocycles. The zero-order chi connectivity index (χ0) is 34.0. The third kappa shape index (κ3) is 5.00. The number of alkyl halides is 3. The van der Waals surface area contributed by atoms with Crippen molar-refractivity contribution in [2.45, 2.75) is 24.9 Å². The number of hydrogen-bond acceptors (Lipinski definition) is 7. The van der Waals surface area contributed by atoms with Crippen molar-refractivity contribution < 1.29 is 46.5 Å². The highest BCUT2D eigenvalue weighted by atomic mass is 19.4. The molecule has 0 spiro atoms. The number of carbonyl (C=O) groups is 3. The molecule has 0 aliphatic carbocycles. The van der Waals surface area contributed by atoms with Gasteiger partial charge in [-0.1, -0.05) is 72.8 Å². The molecule has 2 unspecified atom stereocenters. The molecule has 11 heteroatoms. The molecule has 49 heavy (non-hydrogen) atoms. The molecule has 1 amide bonds. The number of ether oxygens (including phenoxy) is 4. The largest absolute Gasteiger partial charge is 0.495 e. The van der Waals surface area contributed by atoms with Crippen LogP contribution in [0.15, 0.2) is 84.9 Å². The quantitative estimate of drug-likeness (QED) is 0.144. The van der Waals surface area contributed by atoms with Crippen molar-refractivity contribution in [2.24, 2.45) is 0 Å². The molecule has 0 bridgehead atoms. The van der Waals surface area contributed by atoms with E-state index in [4.69, 9.17) is 18.9 Å². The van der Waals surface area contributed by atoms with Crippen LogP contribution in [0, 0.1) is 0 Å². The van der Waals surface area contributed by atoms with E-state index in [0.717, 1.165) is 0 Å². The highest BCUT2D eigenvalue weighted by molar-refractivity contribution is 6.22. The van der Waals surface area contributed by atoms with Gasteiger partial charge in [-0.25, -0.2) is 9.59 Å². The van der Waals surface area contributed by atoms with Gasteiger partial charge in [-0.2, -0.15) is 13.2 Å². The van der Waals surface area contributed by atoms with Gasteiger partial charge in [0.15, 0.2) is 12.1 Å². The molecule has 8 nitrogen and oxygen atoms in total. The SMILES string of the molecule is COc1c2ccccc2c(C(=O)NC2COC2=O)c2ccc(-c3ccc4c(COC5COC5=O)c5ccccc5c(C(F)(F)F)c4c3)cc12. The van der Waals surface area contributed by atoms with Crippen molar-refractivity contribution in [1.29, 1.82) is 0 Å². The van der Waals surface area contributed by atoms with Gasteiger partial charge in [0.25, 0.3) is 5.91 Å². The van der Waals surface area contributed by atoms with Crippen LogP contribution in [-0.2, 0) is 36.6 Å². The number of fused-ring (bicyclic) bond motifs is 4. The fourth-order valence-electron chi connectivity index (χ4n) is 6.78. The molecule has 2 fully saturated rings. The lowest BCUT2D eigenvalue weighted by molar-refractivity contribution is -0.187. The number of esters is 2. The van der Waals surface area contributed by atoms with Crippen LogP contribution in [0.2, 0.25) is 0 Å². The average molecular weight is 666 g/mol. The van der Waals surface area contributed by atoms with E-state index in [2.05, 4.69) is 5.32 Å². The van der Waals surface area contributed by atoms with E-state index in [9.17, 15) is 27.6 Å². The lowest BCUT2D eigenvalue weighted by Crippen LogP contribution is -2.52. The van der Waals surface area contributed by atoms with Gasteiger partial charge in [0.05, 0.1) is 24.8 Å². The lowest BCUT2D eigenvalue weighted by atomic mass is 9.88. The molecule has 2 heterocycles. The van der Waals surface area contributed by atoms with Gasteiger partial charge in [0.2, 0.25) is 0 Å². The van der Waals surface area contributed by atoms with Gasteiger partial charge in [-0.3, -0.25) is 4.79 Å². The van der Waals surface area contributed by atoms with Crippen LogP contribution in [0.25, 0.3) is 54.2 Å². The minimum Gasteiger partial charge on any atom is -0.495 e. The molecule has 1 N–H and O–H groups in total. The van der Waals surface area contributed by atoms with E-state index < -0.39 is 41.7 Å². The Labute approximate surface area is 276 Å². The molecular formula is C38H26F3NO7. The summed E-state index contributed by atoms with van der Waals surface area (Å²) in [4.78, 5) is 37.2. The van der Waals surface area contributed by atoms with Gasteiger partial charge in [-0.05, 0) is 61.1 Å². The minimum atomic E-state index is -4.69. The first kappa shape index (κ1) is 30.6. The fraction of sp³-hybridized carbons (Fsp3) is 0.184. The Bertz CT molecular complexity index is 2390. The Hall–Kier alpha value is -5.68. The second-order valence-corrected chi connectivity index (χ2v) is 12.0. The summed E-state index contributed by atoms with van der Waals surface area (Å²) in [7, 11) is 1.52.